The van der Waals surface area contributed by atoms with Crippen LogP contribution in [0.1, 0.15) is 206 Å². The first-order valence-corrected chi connectivity index (χ1v) is 26.5. The second kappa shape index (κ2) is 37.7. The Morgan fingerprint density at radius 3 is 1.42 bits per heavy atom. The SMILES string of the molecule is CCCCCCCCCCCCCCCCCC[C@@H](O)C(=O)N[C@@H](CO[C@H]1O[C@H](CO)[C@H](O)[C@H](O[C@@H]2O[C@@H]([C@H](O)CO)[C@H](O)[C@H]2O)[C@H]1O)[C@H](O)[C@H](O)CCCCCCCCCCCCCC. The molecule has 0 aromatic carbocycles. The number of rotatable bonds is 42. The summed E-state index contributed by atoms with van der Waals surface area (Å²) in [6, 6.07) is -1.28. The lowest BCUT2D eigenvalue weighted by Crippen LogP contribution is -2.62. The zero-order valence-corrected chi connectivity index (χ0v) is 40.9. The van der Waals surface area contributed by atoms with Crippen LogP contribution in [0.5, 0.6) is 0 Å². The Labute approximate surface area is 397 Å². The summed E-state index contributed by atoms with van der Waals surface area (Å²) < 4.78 is 22.5. The molecular weight excluding hydrogens is 855 g/mol. The molecule has 2 aliphatic rings. The third-order valence-electron chi connectivity index (χ3n) is 13.5. The van der Waals surface area contributed by atoms with Crippen LogP contribution in [0.3, 0.4) is 0 Å². The normalized spacial score (nSPS) is 26.9. The molecule has 392 valence electrons. The van der Waals surface area contributed by atoms with Gasteiger partial charge < -0.3 is 75.3 Å². The number of aliphatic hydroxyl groups excluding tert-OH is 10. The molecule has 16 nitrogen and oxygen atoms in total. The van der Waals surface area contributed by atoms with Crippen molar-refractivity contribution in [3.05, 3.63) is 0 Å². The molecule has 2 rings (SSSR count). The van der Waals surface area contributed by atoms with Gasteiger partial charge in [0, 0.05) is 0 Å². The third kappa shape index (κ3) is 24.2. The molecule has 0 aromatic heterocycles. The topological polar surface area (TPSA) is 268 Å². The predicted octanol–water partition coefficient (Wildman–Crippen LogP) is 4.94. The van der Waals surface area contributed by atoms with Crippen LogP contribution in [0.4, 0.5) is 0 Å². The summed E-state index contributed by atoms with van der Waals surface area (Å²) >= 11 is 0. The first kappa shape index (κ1) is 61.0. The first-order valence-electron chi connectivity index (χ1n) is 26.5. The van der Waals surface area contributed by atoms with Crippen molar-refractivity contribution < 1.29 is 74.8 Å². The van der Waals surface area contributed by atoms with Gasteiger partial charge in [0.1, 0.15) is 61.0 Å². The van der Waals surface area contributed by atoms with Crippen molar-refractivity contribution in [3.63, 3.8) is 0 Å². The van der Waals surface area contributed by atoms with E-state index in [0.717, 1.165) is 44.9 Å². The summed E-state index contributed by atoms with van der Waals surface area (Å²) in [4.78, 5) is 13.3. The molecule has 0 saturated carbocycles. The fourth-order valence-electron chi connectivity index (χ4n) is 9.07. The van der Waals surface area contributed by atoms with Crippen LogP contribution in [0.15, 0.2) is 0 Å². The predicted molar refractivity (Wildman–Crippen MR) is 252 cm³/mol. The van der Waals surface area contributed by atoms with Crippen LogP contribution in [0, 0.1) is 0 Å². The van der Waals surface area contributed by atoms with Crippen molar-refractivity contribution in [2.24, 2.45) is 0 Å². The van der Waals surface area contributed by atoms with Gasteiger partial charge in [0.05, 0.1) is 32.0 Å². The van der Waals surface area contributed by atoms with Gasteiger partial charge in [0.15, 0.2) is 12.6 Å². The Morgan fingerprint density at radius 1 is 0.545 bits per heavy atom. The Balaban J connectivity index is 1.92. The van der Waals surface area contributed by atoms with E-state index in [1.54, 1.807) is 0 Å². The second-order valence-corrected chi connectivity index (χ2v) is 19.3. The number of aliphatic hydroxyl groups is 10. The van der Waals surface area contributed by atoms with E-state index in [2.05, 4.69) is 19.2 Å². The number of hydrogen-bond donors (Lipinski definition) is 11. The number of nitrogens with one attached hydrogen (secondary N) is 1. The van der Waals surface area contributed by atoms with Crippen LogP contribution in [-0.4, -0.2) is 163 Å². The molecule has 2 heterocycles. The zero-order valence-electron chi connectivity index (χ0n) is 40.9. The number of carbonyl (C=O) groups is 1. The monoisotopic (exact) mass is 952 g/mol. The third-order valence-corrected chi connectivity index (χ3v) is 13.5. The van der Waals surface area contributed by atoms with E-state index in [-0.39, 0.29) is 12.8 Å². The minimum absolute atomic E-state index is 0.203. The van der Waals surface area contributed by atoms with E-state index in [1.165, 1.54) is 122 Å². The summed E-state index contributed by atoms with van der Waals surface area (Å²) in [7, 11) is 0. The molecular formula is C50H97NO15. The van der Waals surface area contributed by atoms with Crippen LogP contribution in [0.2, 0.25) is 0 Å². The number of hydrogen-bond acceptors (Lipinski definition) is 15. The van der Waals surface area contributed by atoms with Crippen molar-refractivity contribution in [2.75, 3.05) is 19.8 Å². The highest BCUT2D eigenvalue weighted by Gasteiger charge is 2.52. The molecule has 2 saturated heterocycles. The van der Waals surface area contributed by atoms with Crippen molar-refractivity contribution in [1.82, 2.24) is 5.32 Å². The van der Waals surface area contributed by atoms with Gasteiger partial charge in [-0.05, 0) is 12.8 Å². The first-order chi connectivity index (χ1) is 31.9. The van der Waals surface area contributed by atoms with Gasteiger partial charge >= 0.3 is 0 Å². The molecule has 0 radical (unpaired) electrons. The summed E-state index contributed by atoms with van der Waals surface area (Å²) in [6.45, 7) is 2.37. The standard InChI is InChI=1S/C50H97NO15/c1-3-5-7-9-11-13-15-17-18-19-20-22-24-26-28-30-32-38(55)48(62)51-36(41(57)37(54)31-29-27-25-23-21-16-14-12-10-8-6-4-2)35-63-49-45(61)47(42(58)40(34-53)64-49)66-50-44(60)43(59)46(65-50)39(56)33-52/h36-47,49-50,52-61H,3-35H2,1-2H3,(H,51,62)/t36-,37+,38+,39+,40+,41-,42-,43+,44+,45+,46-,47-,49-,50-/m0/s1. The highest BCUT2D eigenvalue weighted by molar-refractivity contribution is 5.80. The average molecular weight is 952 g/mol. The molecule has 0 unspecified atom stereocenters. The van der Waals surface area contributed by atoms with Gasteiger partial charge in [-0.3, -0.25) is 4.79 Å². The van der Waals surface area contributed by atoms with E-state index >= 15 is 0 Å². The molecule has 2 aliphatic heterocycles. The molecule has 0 aromatic rings. The minimum atomic E-state index is -1.82. The minimum Gasteiger partial charge on any atom is -0.394 e. The van der Waals surface area contributed by atoms with Gasteiger partial charge in [0.2, 0.25) is 5.91 Å². The largest absolute Gasteiger partial charge is 0.394 e. The quantitative estimate of drug-likeness (QED) is 0.0362. The maximum atomic E-state index is 13.3. The molecule has 1 amide bonds. The molecule has 2 fully saturated rings. The van der Waals surface area contributed by atoms with Crippen molar-refractivity contribution in [1.29, 1.82) is 0 Å². The van der Waals surface area contributed by atoms with Crippen LogP contribution >= 0.6 is 0 Å². The van der Waals surface area contributed by atoms with Gasteiger partial charge in [-0.2, -0.15) is 0 Å². The fraction of sp³-hybridized carbons (Fsp3) is 0.980. The van der Waals surface area contributed by atoms with Crippen LogP contribution in [0.25, 0.3) is 0 Å². The second-order valence-electron chi connectivity index (χ2n) is 19.3. The lowest BCUT2D eigenvalue weighted by molar-refractivity contribution is -0.332. The van der Waals surface area contributed by atoms with Gasteiger partial charge in [-0.25, -0.2) is 0 Å². The van der Waals surface area contributed by atoms with E-state index in [9.17, 15) is 55.9 Å². The average Bonchev–Trinajstić information content (AvgIpc) is 3.60. The number of amides is 1. The zero-order chi connectivity index (χ0) is 48.5. The van der Waals surface area contributed by atoms with Crippen LogP contribution < -0.4 is 5.32 Å². The molecule has 0 spiro atoms. The van der Waals surface area contributed by atoms with Gasteiger partial charge in [-0.15, -0.1) is 0 Å². The molecule has 0 aliphatic carbocycles. The lowest BCUT2D eigenvalue weighted by Gasteiger charge is -2.43. The highest BCUT2D eigenvalue weighted by atomic mass is 16.7. The van der Waals surface area contributed by atoms with Gasteiger partial charge in [0.25, 0.3) is 0 Å². The van der Waals surface area contributed by atoms with Crippen molar-refractivity contribution in [3.8, 4) is 0 Å². The van der Waals surface area contributed by atoms with E-state index < -0.39 is 111 Å². The molecule has 16 heteroatoms. The van der Waals surface area contributed by atoms with Crippen molar-refractivity contribution in [2.45, 2.75) is 292 Å². The summed E-state index contributed by atoms with van der Waals surface area (Å²) in [5, 5.41) is 108. The Hall–Kier alpha value is -1.09. The summed E-state index contributed by atoms with van der Waals surface area (Å²) in [5.41, 5.74) is 0. The number of unbranched alkanes of at least 4 members (excludes halogenated alkanes) is 26. The molecule has 66 heavy (non-hydrogen) atoms. The van der Waals surface area contributed by atoms with E-state index in [4.69, 9.17) is 18.9 Å². The number of carbonyl (C=O) groups excluding carboxylic acids is 1. The smallest absolute Gasteiger partial charge is 0.249 e. The van der Waals surface area contributed by atoms with E-state index in [0.29, 0.717) is 12.8 Å². The Kier molecular flexibility index (Phi) is 34.9. The summed E-state index contributed by atoms with van der Waals surface area (Å²) in [6.07, 6.45) is 12.7. The summed E-state index contributed by atoms with van der Waals surface area (Å²) in [5.74, 6) is -0.762. The Bertz CT molecular complexity index is 1160. The van der Waals surface area contributed by atoms with Gasteiger partial charge in [-0.1, -0.05) is 194 Å². The molecule has 0 bridgehead atoms. The highest BCUT2D eigenvalue weighted by Crippen LogP contribution is 2.31. The van der Waals surface area contributed by atoms with E-state index in [1.807, 2.05) is 0 Å². The number of ether oxygens (including phenoxy) is 4. The molecule has 14 atom stereocenters. The molecule has 11 N–H and O–H groups in total. The van der Waals surface area contributed by atoms with Crippen molar-refractivity contribution >= 4 is 5.91 Å². The lowest BCUT2D eigenvalue weighted by atomic mass is 9.98. The maximum absolute atomic E-state index is 13.3. The Morgan fingerprint density at radius 2 is 0.985 bits per heavy atom. The van der Waals surface area contributed by atoms with Crippen LogP contribution in [-0.2, 0) is 23.7 Å². The maximum Gasteiger partial charge on any atom is 0.249 e. The fourth-order valence-corrected chi connectivity index (χ4v) is 9.07.